The van der Waals surface area contributed by atoms with Gasteiger partial charge in [-0.05, 0) is 37.5 Å². The molecule has 1 saturated heterocycles. The van der Waals surface area contributed by atoms with E-state index in [2.05, 4.69) is 0 Å². The van der Waals surface area contributed by atoms with Gasteiger partial charge in [-0.3, -0.25) is 15.4 Å². The van der Waals surface area contributed by atoms with Crippen molar-refractivity contribution in [3.63, 3.8) is 0 Å². The van der Waals surface area contributed by atoms with Crippen LogP contribution in [0.1, 0.15) is 24.8 Å². The van der Waals surface area contributed by atoms with Gasteiger partial charge in [0.2, 0.25) is 0 Å². The van der Waals surface area contributed by atoms with E-state index in [9.17, 15) is 4.39 Å². The molecular formula is C19H22FN3O2S. The zero-order chi connectivity index (χ0) is 18.4. The number of benzene rings is 1. The largest absolute Gasteiger partial charge is 0.353 e. The van der Waals surface area contributed by atoms with Crippen molar-refractivity contribution in [2.24, 2.45) is 0 Å². The predicted molar refractivity (Wildman–Crippen MR) is 99.2 cm³/mol. The van der Waals surface area contributed by atoms with E-state index in [0.717, 1.165) is 42.7 Å². The number of nitrogens with zero attached hydrogens (tertiary/aromatic N) is 1. The van der Waals surface area contributed by atoms with Crippen LogP contribution in [-0.2, 0) is 9.47 Å². The number of rotatable bonds is 6. The first-order valence-corrected chi connectivity index (χ1v) is 9.61. The molecule has 0 saturated carbocycles. The lowest BCUT2D eigenvalue weighted by molar-refractivity contribution is -0.158. The molecule has 0 radical (unpaired) electrons. The molecule has 2 heterocycles. The normalized spacial score (nSPS) is 17.2. The van der Waals surface area contributed by atoms with Crippen LogP contribution in [0.3, 0.4) is 0 Å². The minimum absolute atomic E-state index is 0.0639. The van der Waals surface area contributed by atoms with E-state index in [-0.39, 0.29) is 17.6 Å². The van der Waals surface area contributed by atoms with Crippen molar-refractivity contribution in [3.8, 4) is 0 Å². The standard InChI is InChI=1S/C19H22FN3O2S/c20-14-8-9-17(21)23(13-14)19(22)15-5-1-2-6-16(15)26-12-11-25-18-7-3-4-10-24-18/h1-2,5-6,8-9,13,18,21-22H,3-4,7,10-12H2. The van der Waals surface area contributed by atoms with E-state index < -0.39 is 5.82 Å². The van der Waals surface area contributed by atoms with Crippen molar-refractivity contribution < 1.29 is 13.9 Å². The summed E-state index contributed by atoms with van der Waals surface area (Å²) in [7, 11) is 0. The Kier molecular flexibility index (Phi) is 6.60. The second-order valence-electron chi connectivity index (χ2n) is 5.96. The monoisotopic (exact) mass is 375 g/mol. The molecule has 0 bridgehead atoms. The minimum atomic E-state index is -0.475. The van der Waals surface area contributed by atoms with E-state index in [1.54, 1.807) is 11.8 Å². The van der Waals surface area contributed by atoms with Crippen molar-refractivity contribution in [3.05, 3.63) is 59.5 Å². The molecule has 7 heteroatoms. The fraction of sp³-hybridized carbons (Fsp3) is 0.368. The lowest BCUT2D eigenvalue weighted by Crippen LogP contribution is -2.27. The second-order valence-corrected chi connectivity index (χ2v) is 7.10. The fourth-order valence-corrected chi connectivity index (χ4v) is 3.65. The second kappa shape index (κ2) is 9.12. The van der Waals surface area contributed by atoms with Crippen LogP contribution in [0.25, 0.3) is 0 Å². The summed E-state index contributed by atoms with van der Waals surface area (Å²) < 4.78 is 26.0. The van der Waals surface area contributed by atoms with E-state index in [4.69, 9.17) is 20.3 Å². The zero-order valence-corrected chi connectivity index (χ0v) is 15.2. The molecule has 0 spiro atoms. The topological polar surface area (TPSA) is 71.1 Å². The Hall–Kier alpha value is -1.96. The van der Waals surface area contributed by atoms with Gasteiger partial charge < -0.3 is 9.47 Å². The lowest BCUT2D eigenvalue weighted by atomic mass is 10.2. The van der Waals surface area contributed by atoms with Crippen molar-refractivity contribution in [2.75, 3.05) is 19.0 Å². The van der Waals surface area contributed by atoms with Gasteiger partial charge in [-0.1, -0.05) is 18.2 Å². The third-order valence-electron chi connectivity index (χ3n) is 4.08. The van der Waals surface area contributed by atoms with Gasteiger partial charge >= 0.3 is 0 Å². The predicted octanol–water partition coefficient (Wildman–Crippen LogP) is 3.62. The van der Waals surface area contributed by atoms with Gasteiger partial charge in [0.25, 0.3) is 0 Å². The van der Waals surface area contributed by atoms with Crippen LogP contribution in [0.15, 0.2) is 47.5 Å². The molecule has 1 aliphatic heterocycles. The van der Waals surface area contributed by atoms with E-state index in [1.165, 1.54) is 16.7 Å². The van der Waals surface area contributed by atoms with Crippen LogP contribution in [0, 0.1) is 16.6 Å². The Morgan fingerprint density at radius 2 is 2.12 bits per heavy atom. The third-order valence-corrected chi connectivity index (χ3v) is 5.12. The summed E-state index contributed by atoms with van der Waals surface area (Å²) in [4.78, 5) is 0.904. The smallest absolute Gasteiger partial charge is 0.157 e. The highest BCUT2D eigenvalue weighted by Gasteiger charge is 2.14. The summed E-state index contributed by atoms with van der Waals surface area (Å²) in [6, 6.07) is 10.0. The molecule has 1 fully saturated rings. The van der Waals surface area contributed by atoms with Crippen molar-refractivity contribution >= 4 is 17.6 Å². The maximum atomic E-state index is 13.5. The number of thioether (sulfide) groups is 1. The molecule has 1 aliphatic rings. The number of hydrogen-bond donors (Lipinski definition) is 2. The van der Waals surface area contributed by atoms with Crippen LogP contribution in [0.5, 0.6) is 0 Å². The van der Waals surface area contributed by atoms with Gasteiger partial charge in [0.1, 0.15) is 17.1 Å². The van der Waals surface area contributed by atoms with Gasteiger partial charge in [0.05, 0.1) is 6.61 Å². The molecule has 26 heavy (non-hydrogen) atoms. The Balaban J connectivity index is 1.65. The molecule has 0 aliphatic carbocycles. The highest BCUT2D eigenvalue weighted by Crippen LogP contribution is 2.24. The maximum Gasteiger partial charge on any atom is 0.157 e. The first-order valence-electron chi connectivity index (χ1n) is 8.62. The Morgan fingerprint density at radius 3 is 2.92 bits per heavy atom. The SMILES string of the molecule is N=C(c1ccccc1SCCOC1CCCCO1)n1cc(F)ccc1=N. The number of aromatic nitrogens is 1. The van der Waals surface area contributed by atoms with Crippen LogP contribution >= 0.6 is 11.8 Å². The quantitative estimate of drug-likeness (QED) is 0.351. The number of pyridine rings is 1. The highest BCUT2D eigenvalue weighted by atomic mass is 32.2. The van der Waals surface area contributed by atoms with Gasteiger partial charge in [-0.25, -0.2) is 4.39 Å². The summed E-state index contributed by atoms with van der Waals surface area (Å²) in [6.45, 7) is 1.33. The molecule has 1 aromatic heterocycles. The van der Waals surface area contributed by atoms with Gasteiger partial charge in [0, 0.05) is 29.0 Å². The molecule has 0 amide bonds. The summed E-state index contributed by atoms with van der Waals surface area (Å²) >= 11 is 1.58. The molecule has 1 aromatic carbocycles. The average molecular weight is 375 g/mol. The Labute approximate surface area is 156 Å². The summed E-state index contributed by atoms with van der Waals surface area (Å²) in [5.74, 6) is 0.331. The average Bonchev–Trinajstić information content (AvgIpc) is 2.68. The summed E-state index contributed by atoms with van der Waals surface area (Å²) in [6.07, 6.45) is 4.23. The fourth-order valence-electron chi connectivity index (χ4n) is 2.75. The number of hydrogen-bond acceptors (Lipinski definition) is 5. The number of nitrogens with one attached hydrogen (secondary N) is 2. The summed E-state index contributed by atoms with van der Waals surface area (Å²) in [5.41, 5.74) is 0.726. The molecule has 138 valence electrons. The van der Waals surface area contributed by atoms with Crippen LogP contribution < -0.4 is 5.49 Å². The zero-order valence-electron chi connectivity index (χ0n) is 14.4. The van der Waals surface area contributed by atoms with Crippen molar-refractivity contribution in [1.29, 1.82) is 10.8 Å². The molecule has 5 nitrogen and oxygen atoms in total. The Morgan fingerprint density at radius 1 is 1.27 bits per heavy atom. The molecule has 2 N–H and O–H groups in total. The molecular weight excluding hydrogens is 353 g/mol. The Bertz CT molecular complexity index is 818. The molecule has 2 aromatic rings. The van der Waals surface area contributed by atoms with Crippen LogP contribution in [0.4, 0.5) is 4.39 Å². The number of ether oxygens (including phenoxy) is 2. The van der Waals surface area contributed by atoms with Crippen LogP contribution in [0.2, 0.25) is 0 Å². The maximum absolute atomic E-state index is 13.5. The molecule has 1 atom stereocenters. The van der Waals surface area contributed by atoms with Crippen LogP contribution in [-0.4, -0.2) is 35.7 Å². The van der Waals surface area contributed by atoms with Gasteiger partial charge in [-0.15, -0.1) is 11.8 Å². The van der Waals surface area contributed by atoms with Gasteiger partial charge in [0.15, 0.2) is 6.29 Å². The summed E-state index contributed by atoms with van der Waals surface area (Å²) in [5, 5.41) is 16.3. The first kappa shape index (κ1) is 18.8. The van der Waals surface area contributed by atoms with Crippen molar-refractivity contribution in [2.45, 2.75) is 30.4 Å². The van der Waals surface area contributed by atoms with Gasteiger partial charge in [-0.2, -0.15) is 0 Å². The lowest BCUT2D eigenvalue weighted by Gasteiger charge is -2.22. The molecule has 1 unspecified atom stereocenters. The molecule has 3 rings (SSSR count). The van der Waals surface area contributed by atoms with E-state index >= 15 is 0 Å². The third kappa shape index (κ3) is 4.81. The highest BCUT2D eigenvalue weighted by molar-refractivity contribution is 7.99. The minimum Gasteiger partial charge on any atom is -0.353 e. The first-order chi connectivity index (χ1) is 12.6. The van der Waals surface area contributed by atoms with Crippen molar-refractivity contribution in [1.82, 2.24) is 4.57 Å². The van der Waals surface area contributed by atoms with E-state index in [0.29, 0.717) is 12.2 Å². The van der Waals surface area contributed by atoms with E-state index in [1.807, 2.05) is 24.3 Å². The number of halogens is 1.